The van der Waals surface area contributed by atoms with Gasteiger partial charge in [0.25, 0.3) is 5.56 Å². The van der Waals surface area contributed by atoms with Crippen molar-refractivity contribution in [2.24, 2.45) is 0 Å². The summed E-state index contributed by atoms with van der Waals surface area (Å²) in [4.78, 5) is 31.5. The van der Waals surface area contributed by atoms with Gasteiger partial charge < -0.3 is 19.4 Å². The molecule has 0 saturated carbocycles. The van der Waals surface area contributed by atoms with Crippen LogP contribution in [0.25, 0.3) is 22.4 Å². The number of likely N-dealkylation sites (N-methyl/N-ethyl adjacent to an activating group) is 1. The van der Waals surface area contributed by atoms with Crippen LogP contribution in [0.3, 0.4) is 0 Å². The lowest BCUT2D eigenvalue weighted by atomic mass is 10.1. The summed E-state index contributed by atoms with van der Waals surface area (Å²) >= 11 is 0. The summed E-state index contributed by atoms with van der Waals surface area (Å²) in [7, 11) is 1.80. The zero-order valence-corrected chi connectivity index (χ0v) is 19.7. The number of aromatic amines is 1. The molecule has 9 nitrogen and oxygen atoms in total. The van der Waals surface area contributed by atoms with Crippen molar-refractivity contribution in [2.75, 3.05) is 31.7 Å². The van der Waals surface area contributed by atoms with Crippen LogP contribution in [-0.2, 0) is 17.7 Å². The zero-order valence-electron chi connectivity index (χ0n) is 19.7. The zero-order chi connectivity index (χ0) is 25.7. The Morgan fingerprint density at radius 2 is 1.89 bits per heavy atom. The van der Waals surface area contributed by atoms with Crippen LogP contribution in [0.5, 0.6) is 5.75 Å². The van der Waals surface area contributed by atoms with Gasteiger partial charge in [-0.05, 0) is 43.3 Å². The maximum Gasteiger partial charge on any atom is 0.573 e. The maximum absolute atomic E-state index is 13.4. The van der Waals surface area contributed by atoms with Crippen molar-refractivity contribution >= 4 is 17.0 Å². The molecule has 4 aromatic rings. The van der Waals surface area contributed by atoms with Gasteiger partial charge in [-0.25, -0.2) is 15.0 Å². The Bertz CT molecular complexity index is 1350. The van der Waals surface area contributed by atoms with Crippen LogP contribution in [0, 0.1) is 0 Å². The molecular formula is C24H25F3N6O3. The van der Waals surface area contributed by atoms with Gasteiger partial charge in [-0.1, -0.05) is 0 Å². The van der Waals surface area contributed by atoms with Gasteiger partial charge in [0.05, 0.1) is 25.2 Å². The third-order valence-electron chi connectivity index (χ3n) is 5.45. The van der Waals surface area contributed by atoms with E-state index in [1.54, 1.807) is 36.6 Å². The number of imidazole rings is 1. The highest BCUT2D eigenvalue weighted by Gasteiger charge is 2.31. The molecule has 0 aliphatic rings. The van der Waals surface area contributed by atoms with E-state index in [-0.39, 0.29) is 23.7 Å². The lowest BCUT2D eigenvalue weighted by Gasteiger charge is -2.20. The lowest BCUT2D eigenvalue weighted by molar-refractivity contribution is -0.274. The largest absolute Gasteiger partial charge is 0.573 e. The number of ether oxygens (including phenoxy) is 2. The van der Waals surface area contributed by atoms with Crippen molar-refractivity contribution in [1.29, 1.82) is 0 Å². The van der Waals surface area contributed by atoms with Gasteiger partial charge in [-0.3, -0.25) is 9.36 Å². The number of nitrogens with zero attached hydrogens (tertiary/aromatic N) is 5. The lowest BCUT2D eigenvalue weighted by Crippen LogP contribution is -2.33. The van der Waals surface area contributed by atoms with Gasteiger partial charge in [-0.15, -0.1) is 13.2 Å². The van der Waals surface area contributed by atoms with Crippen molar-refractivity contribution in [3.05, 3.63) is 65.0 Å². The number of aromatic nitrogens is 5. The van der Waals surface area contributed by atoms with Crippen molar-refractivity contribution < 1.29 is 22.6 Å². The first-order chi connectivity index (χ1) is 17.2. The molecular weight excluding hydrogens is 477 g/mol. The van der Waals surface area contributed by atoms with Crippen LogP contribution in [0.1, 0.15) is 12.6 Å². The van der Waals surface area contributed by atoms with Crippen LogP contribution in [0.15, 0.2) is 53.7 Å². The predicted octanol–water partition coefficient (Wildman–Crippen LogP) is 3.80. The van der Waals surface area contributed by atoms with E-state index < -0.39 is 6.36 Å². The third kappa shape index (κ3) is 6.00. The molecule has 4 rings (SSSR count). The van der Waals surface area contributed by atoms with Gasteiger partial charge in [0.1, 0.15) is 11.3 Å². The van der Waals surface area contributed by atoms with Crippen molar-refractivity contribution in [3.63, 3.8) is 0 Å². The Kier molecular flexibility index (Phi) is 7.53. The maximum atomic E-state index is 13.4. The van der Waals surface area contributed by atoms with Crippen molar-refractivity contribution in [1.82, 2.24) is 24.5 Å². The van der Waals surface area contributed by atoms with Gasteiger partial charge in [-0.2, -0.15) is 0 Å². The highest BCUT2D eigenvalue weighted by molar-refractivity contribution is 5.76. The van der Waals surface area contributed by atoms with Gasteiger partial charge in [0.15, 0.2) is 11.5 Å². The molecule has 0 aliphatic carbocycles. The highest BCUT2D eigenvalue weighted by atomic mass is 19.4. The van der Waals surface area contributed by atoms with Gasteiger partial charge >= 0.3 is 6.36 Å². The second-order valence-electron chi connectivity index (χ2n) is 7.95. The predicted molar refractivity (Wildman–Crippen MR) is 128 cm³/mol. The highest BCUT2D eigenvalue weighted by Crippen LogP contribution is 2.26. The Labute approximate surface area is 204 Å². The molecule has 0 bridgehead atoms. The van der Waals surface area contributed by atoms with E-state index in [2.05, 4.69) is 24.7 Å². The number of fused-ring (bicyclic) bond motifs is 1. The molecule has 3 heterocycles. The number of hydrogen-bond acceptors (Lipinski definition) is 7. The fourth-order valence-corrected chi connectivity index (χ4v) is 3.67. The minimum atomic E-state index is -4.77. The summed E-state index contributed by atoms with van der Waals surface area (Å²) in [6.45, 7) is 3.48. The number of hydrogen-bond donors (Lipinski definition) is 1. The Hall–Kier alpha value is -3.93. The van der Waals surface area contributed by atoms with Crippen LogP contribution in [-0.4, -0.2) is 57.7 Å². The van der Waals surface area contributed by atoms with E-state index >= 15 is 0 Å². The number of nitrogens with one attached hydrogen (secondary N) is 1. The topological polar surface area (TPSA) is 98.2 Å². The quantitative estimate of drug-likeness (QED) is 0.330. The van der Waals surface area contributed by atoms with E-state index in [4.69, 9.17) is 4.74 Å². The van der Waals surface area contributed by atoms with E-state index in [0.717, 1.165) is 5.69 Å². The molecule has 1 N–H and O–H groups in total. The normalized spacial score (nSPS) is 11.7. The van der Waals surface area contributed by atoms with Gasteiger partial charge in [0, 0.05) is 44.1 Å². The molecule has 0 aliphatic heterocycles. The van der Waals surface area contributed by atoms with Crippen LogP contribution in [0.4, 0.5) is 19.0 Å². The van der Waals surface area contributed by atoms with Crippen LogP contribution >= 0.6 is 0 Å². The molecule has 0 saturated heterocycles. The Morgan fingerprint density at radius 1 is 1.11 bits per heavy atom. The fraction of sp³-hybridized carbons (Fsp3) is 0.333. The minimum Gasteiger partial charge on any atom is -0.406 e. The fourth-order valence-electron chi connectivity index (χ4n) is 3.67. The summed E-state index contributed by atoms with van der Waals surface area (Å²) in [6.07, 6.45) is -0.784. The summed E-state index contributed by atoms with van der Waals surface area (Å²) in [5, 5.41) is 0. The van der Waals surface area contributed by atoms with Crippen LogP contribution in [0.2, 0.25) is 0 Å². The minimum absolute atomic E-state index is 0.266. The average molecular weight is 502 g/mol. The first-order valence-corrected chi connectivity index (χ1v) is 11.3. The summed E-state index contributed by atoms with van der Waals surface area (Å²) in [5.41, 5.74) is 2.54. The second kappa shape index (κ2) is 10.8. The molecule has 36 heavy (non-hydrogen) atoms. The number of pyridine rings is 1. The monoisotopic (exact) mass is 502 g/mol. The van der Waals surface area contributed by atoms with Gasteiger partial charge in [0.2, 0.25) is 0 Å². The molecule has 190 valence electrons. The molecule has 0 unspecified atom stereocenters. The number of alkyl halides is 3. The number of rotatable bonds is 10. The standard InChI is InChI=1S/C24H25F3N6O3/c1-3-35-13-12-33-21-20(31-22(23(33)34)32(2)11-10-17-14-28-15-29-17)9-8-19(30-21)16-4-6-18(7-5-16)36-24(25,26)27/h4-9,14-15H,3,10-13H2,1-2H3,(H,28,29). The third-order valence-corrected chi connectivity index (χ3v) is 5.45. The van der Waals surface area contributed by atoms with E-state index in [0.29, 0.717) is 48.6 Å². The first kappa shape index (κ1) is 25.2. The summed E-state index contributed by atoms with van der Waals surface area (Å²) < 4.78 is 48.3. The van der Waals surface area contributed by atoms with E-state index in [1.165, 1.54) is 28.8 Å². The van der Waals surface area contributed by atoms with E-state index in [9.17, 15) is 18.0 Å². The first-order valence-electron chi connectivity index (χ1n) is 11.3. The van der Waals surface area contributed by atoms with Crippen molar-refractivity contribution in [2.45, 2.75) is 26.3 Å². The molecule has 0 atom stereocenters. The van der Waals surface area contributed by atoms with E-state index in [1.807, 2.05) is 6.92 Å². The molecule has 0 spiro atoms. The molecule has 3 aromatic heterocycles. The average Bonchev–Trinajstić information content (AvgIpc) is 3.37. The summed E-state index contributed by atoms with van der Waals surface area (Å²) in [6, 6.07) is 8.83. The molecule has 0 amide bonds. The molecule has 0 radical (unpaired) electrons. The second-order valence-corrected chi connectivity index (χ2v) is 7.95. The Morgan fingerprint density at radius 3 is 2.56 bits per heavy atom. The Balaban J connectivity index is 1.68. The number of H-pyrrole nitrogens is 1. The molecule has 0 fully saturated rings. The SMILES string of the molecule is CCOCCn1c(=O)c(N(C)CCc2cnc[nH]2)nc2ccc(-c3ccc(OC(F)(F)F)cc3)nc21. The summed E-state index contributed by atoms with van der Waals surface area (Å²) in [5.74, 6) is -0.0492. The molecule has 1 aromatic carbocycles. The van der Waals surface area contributed by atoms with Crippen LogP contribution < -0.4 is 15.2 Å². The molecule has 12 heteroatoms. The van der Waals surface area contributed by atoms with Crippen molar-refractivity contribution in [3.8, 4) is 17.0 Å². The number of halogens is 3. The number of benzene rings is 1. The number of anilines is 1. The smallest absolute Gasteiger partial charge is 0.406 e.